The van der Waals surface area contributed by atoms with E-state index < -0.39 is 0 Å². The van der Waals surface area contributed by atoms with Gasteiger partial charge in [0.05, 0.1) is 27.2 Å². The maximum absolute atomic E-state index is 6.27. The second-order valence-electron chi connectivity index (χ2n) is 8.23. The molecule has 0 saturated carbocycles. The minimum atomic E-state index is 0.401. The Morgan fingerprint density at radius 2 is 1.89 bits per heavy atom. The smallest absolute Gasteiger partial charge is 0.169 e. The highest BCUT2D eigenvalue weighted by Gasteiger charge is 2.17. The van der Waals surface area contributed by atoms with Crippen LogP contribution in [0.1, 0.15) is 55.9 Å². The number of hydrogen-bond donors (Lipinski definition) is 0. The third-order valence-corrected chi connectivity index (χ3v) is 5.62. The number of nitrogens with zero attached hydrogens (tertiary/aromatic N) is 1. The molecule has 2 rings (SSSR count). The minimum absolute atomic E-state index is 0.401. The van der Waals surface area contributed by atoms with Crippen LogP contribution in [0, 0.1) is 6.92 Å². The first kappa shape index (κ1) is 22.3. The minimum Gasteiger partial charge on any atom is -0.493 e. The largest absolute Gasteiger partial charge is 0.493 e. The number of unbranched alkanes of at least 4 members (excludes halogenated alkanes) is 2. The number of rotatable bonds is 10. The Morgan fingerprint density at radius 1 is 1.15 bits per heavy atom. The standard InChI is InChI=1S/C22H32BrClNO2/c1-16(2)19-14-20(24)17(3)13-21(19)26-12-8-6-7-11-25(4,5)15-18-9-10-22(23)27-18/h9-10,13-14,16H,6-8,11-12,15H2,1-5H3/q+1. The molecular formula is C22H32BrClNO2+. The number of furan rings is 1. The molecule has 0 radical (unpaired) electrons. The molecule has 0 aliphatic rings. The van der Waals surface area contributed by atoms with E-state index in [1.165, 1.54) is 12.0 Å². The van der Waals surface area contributed by atoms with Crippen molar-refractivity contribution in [1.82, 2.24) is 0 Å². The van der Waals surface area contributed by atoms with Crippen molar-refractivity contribution >= 4 is 27.5 Å². The van der Waals surface area contributed by atoms with Crippen LogP contribution in [0.4, 0.5) is 0 Å². The number of ether oxygens (including phenoxy) is 1. The molecular weight excluding hydrogens is 426 g/mol. The summed E-state index contributed by atoms with van der Waals surface area (Å²) in [4.78, 5) is 0. The van der Waals surface area contributed by atoms with E-state index in [9.17, 15) is 0 Å². The Hall–Kier alpha value is -0.970. The highest BCUT2D eigenvalue weighted by Crippen LogP contribution is 2.32. The van der Waals surface area contributed by atoms with E-state index in [1.807, 2.05) is 25.1 Å². The maximum atomic E-state index is 6.27. The lowest BCUT2D eigenvalue weighted by molar-refractivity contribution is -0.904. The van der Waals surface area contributed by atoms with Gasteiger partial charge in [0.25, 0.3) is 0 Å². The first-order valence-electron chi connectivity index (χ1n) is 9.67. The summed E-state index contributed by atoms with van der Waals surface area (Å²) in [5.41, 5.74) is 2.26. The van der Waals surface area contributed by atoms with Crippen molar-refractivity contribution in [3.05, 3.63) is 50.8 Å². The van der Waals surface area contributed by atoms with Gasteiger partial charge in [-0.25, -0.2) is 0 Å². The second-order valence-corrected chi connectivity index (χ2v) is 9.42. The van der Waals surface area contributed by atoms with Gasteiger partial charge >= 0.3 is 0 Å². The van der Waals surface area contributed by atoms with Crippen molar-refractivity contribution in [2.75, 3.05) is 27.2 Å². The molecule has 27 heavy (non-hydrogen) atoms. The summed E-state index contributed by atoms with van der Waals surface area (Å²) in [6, 6.07) is 8.11. The number of quaternary nitrogens is 1. The van der Waals surface area contributed by atoms with Crippen LogP contribution in [-0.2, 0) is 6.54 Å². The van der Waals surface area contributed by atoms with Gasteiger partial charge in [-0.1, -0.05) is 25.4 Å². The zero-order valence-corrected chi connectivity index (χ0v) is 19.5. The monoisotopic (exact) mass is 456 g/mol. The SMILES string of the molecule is Cc1cc(OCCCCC[N+](C)(C)Cc2ccc(Br)o2)c(C(C)C)cc1Cl. The molecule has 1 heterocycles. The Labute approximate surface area is 177 Å². The third-order valence-electron chi connectivity index (χ3n) is 4.79. The van der Waals surface area contributed by atoms with E-state index in [4.69, 9.17) is 20.8 Å². The van der Waals surface area contributed by atoms with E-state index in [-0.39, 0.29) is 0 Å². The Kier molecular flexibility index (Phi) is 8.26. The maximum Gasteiger partial charge on any atom is 0.169 e. The third kappa shape index (κ3) is 7.17. The predicted molar refractivity (Wildman–Crippen MR) is 117 cm³/mol. The zero-order chi connectivity index (χ0) is 20.0. The first-order chi connectivity index (χ1) is 12.7. The van der Waals surface area contributed by atoms with Gasteiger partial charge in [0.15, 0.2) is 10.4 Å². The number of aryl methyl sites for hydroxylation is 1. The van der Waals surface area contributed by atoms with E-state index in [1.54, 1.807) is 0 Å². The predicted octanol–water partition coefficient (Wildman–Crippen LogP) is 6.95. The molecule has 1 aromatic heterocycles. The molecule has 0 atom stereocenters. The molecule has 0 bridgehead atoms. The molecule has 1 aromatic carbocycles. The van der Waals surface area contributed by atoms with Crippen molar-refractivity contribution in [2.45, 2.75) is 52.5 Å². The van der Waals surface area contributed by atoms with Gasteiger partial charge in [0, 0.05) is 5.02 Å². The average molecular weight is 458 g/mol. The fraction of sp³-hybridized carbons (Fsp3) is 0.545. The van der Waals surface area contributed by atoms with Crippen molar-refractivity contribution in [3.8, 4) is 5.75 Å². The molecule has 150 valence electrons. The van der Waals surface area contributed by atoms with Gasteiger partial charge in [0.1, 0.15) is 12.3 Å². The van der Waals surface area contributed by atoms with Crippen LogP contribution in [0.25, 0.3) is 0 Å². The molecule has 0 aliphatic heterocycles. The van der Waals surface area contributed by atoms with E-state index in [0.717, 1.165) is 63.8 Å². The van der Waals surface area contributed by atoms with Crippen molar-refractivity contribution in [3.63, 3.8) is 0 Å². The summed E-state index contributed by atoms with van der Waals surface area (Å²) in [5.74, 6) is 2.40. The highest BCUT2D eigenvalue weighted by molar-refractivity contribution is 9.10. The van der Waals surface area contributed by atoms with Crippen molar-refractivity contribution in [1.29, 1.82) is 0 Å². The summed E-state index contributed by atoms with van der Waals surface area (Å²) < 4.78 is 13.4. The van der Waals surface area contributed by atoms with Crippen LogP contribution >= 0.6 is 27.5 Å². The highest BCUT2D eigenvalue weighted by atomic mass is 79.9. The molecule has 3 nitrogen and oxygen atoms in total. The molecule has 0 unspecified atom stereocenters. The van der Waals surface area contributed by atoms with Crippen molar-refractivity contribution < 1.29 is 13.6 Å². The Bertz CT molecular complexity index is 740. The molecule has 0 aliphatic carbocycles. The first-order valence-corrected chi connectivity index (χ1v) is 10.8. The van der Waals surface area contributed by atoms with Crippen LogP contribution in [0.15, 0.2) is 33.4 Å². The zero-order valence-electron chi connectivity index (χ0n) is 17.1. The van der Waals surface area contributed by atoms with E-state index in [0.29, 0.717) is 5.92 Å². The number of benzene rings is 1. The van der Waals surface area contributed by atoms with Gasteiger partial charge in [0.2, 0.25) is 0 Å². The van der Waals surface area contributed by atoms with Crippen LogP contribution in [0.2, 0.25) is 5.02 Å². The lowest BCUT2D eigenvalue weighted by Gasteiger charge is -2.28. The van der Waals surface area contributed by atoms with Crippen molar-refractivity contribution in [2.24, 2.45) is 0 Å². The summed E-state index contributed by atoms with van der Waals surface area (Å²) in [6.07, 6.45) is 3.40. The van der Waals surface area contributed by atoms with Gasteiger partial charge < -0.3 is 13.6 Å². The van der Waals surface area contributed by atoms with E-state index >= 15 is 0 Å². The lowest BCUT2D eigenvalue weighted by Crippen LogP contribution is -2.39. The molecule has 0 amide bonds. The molecule has 0 N–H and O–H groups in total. The van der Waals surface area contributed by atoms with Crippen LogP contribution in [0.5, 0.6) is 5.75 Å². The van der Waals surface area contributed by atoms with Gasteiger partial charge in [-0.05, 0) is 83.4 Å². The second kappa shape index (κ2) is 9.99. The Morgan fingerprint density at radius 3 is 2.52 bits per heavy atom. The summed E-state index contributed by atoms with van der Waals surface area (Å²) in [5, 5.41) is 0.814. The van der Waals surface area contributed by atoms with E-state index in [2.05, 4.69) is 49.9 Å². The molecule has 2 aromatic rings. The van der Waals surface area contributed by atoms with Gasteiger partial charge in [-0.2, -0.15) is 0 Å². The molecule has 0 saturated heterocycles. The van der Waals surface area contributed by atoms with Gasteiger partial charge in [-0.15, -0.1) is 0 Å². The average Bonchev–Trinajstić information content (AvgIpc) is 2.97. The summed E-state index contributed by atoms with van der Waals surface area (Å²) >= 11 is 9.64. The van der Waals surface area contributed by atoms with Crippen LogP contribution in [-0.4, -0.2) is 31.7 Å². The van der Waals surface area contributed by atoms with Gasteiger partial charge in [-0.3, -0.25) is 0 Å². The fourth-order valence-corrected chi connectivity index (χ4v) is 3.70. The Balaban J connectivity index is 1.73. The summed E-state index contributed by atoms with van der Waals surface area (Å²) in [6.45, 7) is 9.15. The molecule has 5 heteroatoms. The van der Waals surface area contributed by atoms with Crippen LogP contribution < -0.4 is 4.74 Å². The normalized spacial score (nSPS) is 12.0. The summed E-state index contributed by atoms with van der Waals surface area (Å²) in [7, 11) is 4.50. The number of halogens is 2. The topological polar surface area (TPSA) is 22.4 Å². The fourth-order valence-electron chi connectivity index (χ4n) is 3.19. The quantitative estimate of drug-likeness (QED) is 0.284. The molecule has 0 fully saturated rings. The number of hydrogen-bond acceptors (Lipinski definition) is 2. The van der Waals surface area contributed by atoms with Crippen LogP contribution in [0.3, 0.4) is 0 Å². The molecule has 0 spiro atoms. The lowest BCUT2D eigenvalue weighted by atomic mass is 10.0.